The Morgan fingerprint density at radius 3 is 2.06 bits per heavy atom. The molecule has 0 spiro atoms. The fourth-order valence-corrected chi connectivity index (χ4v) is 3.94. The van der Waals surface area contributed by atoms with Crippen LogP contribution in [0, 0.1) is 11.8 Å². The van der Waals surface area contributed by atoms with Crippen LogP contribution >= 0.6 is 0 Å². The molecule has 2 aliphatic carbocycles. The molecule has 94 valence electrons. The van der Waals surface area contributed by atoms with E-state index >= 15 is 0 Å². The lowest BCUT2D eigenvalue weighted by atomic mass is 10.1. The van der Waals surface area contributed by atoms with Crippen molar-refractivity contribution < 1.29 is 8.42 Å². The van der Waals surface area contributed by atoms with E-state index in [4.69, 9.17) is 5.73 Å². The summed E-state index contributed by atoms with van der Waals surface area (Å²) in [5, 5.41) is -0.424. The lowest BCUT2D eigenvalue weighted by molar-refractivity contribution is 0.465. The van der Waals surface area contributed by atoms with Gasteiger partial charge in [0.2, 0.25) is 10.0 Å². The molecule has 4 nitrogen and oxygen atoms in total. The Labute approximate surface area is 98.0 Å². The van der Waals surface area contributed by atoms with Gasteiger partial charge in [-0.15, -0.1) is 0 Å². The van der Waals surface area contributed by atoms with Crippen LogP contribution in [0.5, 0.6) is 0 Å². The first-order valence-corrected chi connectivity index (χ1v) is 7.84. The average Bonchev–Trinajstić information content (AvgIpc) is 3.08. The van der Waals surface area contributed by atoms with E-state index in [2.05, 4.69) is 4.72 Å². The smallest absolute Gasteiger partial charge is 0.215 e. The van der Waals surface area contributed by atoms with E-state index in [0.29, 0.717) is 18.3 Å². The van der Waals surface area contributed by atoms with Crippen molar-refractivity contribution in [2.75, 3.05) is 6.54 Å². The highest BCUT2D eigenvalue weighted by Crippen LogP contribution is 2.44. The maximum absolute atomic E-state index is 12.1. The Morgan fingerprint density at radius 1 is 1.25 bits per heavy atom. The van der Waals surface area contributed by atoms with Gasteiger partial charge in [-0.1, -0.05) is 6.92 Å². The van der Waals surface area contributed by atoms with Crippen molar-refractivity contribution in [3.05, 3.63) is 0 Å². The van der Waals surface area contributed by atoms with Crippen molar-refractivity contribution in [2.45, 2.75) is 50.3 Å². The fraction of sp³-hybridized carbons (Fsp3) is 1.00. The van der Waals surface area contributed by atoms with Crippen LogP contribution in [-0.4, -0.2) is 26.3 Å². The van der Waals surface area contributed by atoms with Crippen LogP contribution in [0.2, 0.25) is 0 Å². The minimum absolute atomic E-state index is 0.200. The summed E-state index contributed by atoms with van der Waals surface area (Å²) in [6.07, 6.45) is 5.33. The van der Waals surface area contributed by atoms with Gasteiger partial charge in [0.1, 0.15) is 0 Å². The van der Waals surface area contributed by atoms with E-state index in [0.717, 1.165) is 0 Å². The molecule has 0 aromatic carbocycles. The molecule has 1 unspecified atom stereocenters. The zero-order chi connectivity index (χ0) is 11.8. The highest BCUT2D eigenvalue weighted by Gasteiger charge is 2.44. The Balaban J connectivity index is 2.00. The molecule has 0 aliphatic heterocycles. The molecule has 0 aromatic rings. The SMILES string of the molecule is CCC(CN)S(=O)(=O)NC(C1CC1)C1CC1. The van der Waals surface area contributed by atoms with E-state index in [1.807, 2.05) is 6.92 Å². The number of sulfonamides is 1. The fourth-order valence-electron chi connectivity index (χ4n) is 2.29. The molecule has 2 saturated carbocycles. The second-order valence-electron chi connectivity index (χ2n) is 5.13. The van der Waals surface area contributed by atoms with Crippen LogP contribution < -0.4 is 10.5 Å². The number of hydrogen-bond donors (Lipinski definition) is 2. The van der Waals surface area contributed by atoms with Gasteiger partial charge >= 0.3 is 0 Å². The Bertz CT molecular complexity index is 318. The number of nitrogens with one attached hydrogen (secondary N) is 1. The van der Waals surface area contributed by atoms with Gasteiger partial charge in [-0.25, -0.2) is 13.1 Å². The summed E-state index contributed by atoms with van der Waals surface area (Å²) in [6.45, 7) is 2.09. The van der Waals surface area contributed by atoms with Gasteiger partial charge in [-0.2, -0.15) is 0 Å². The molecule has 0 radical (unpaired) electrons. The second-order valence-corrected chi connectivity index (χ2v) is 7.12. The second kappa shape index (κ2) is 4.63. The van der Waals surface area contributed by atoms with Gasteiger partial charge in [0.15, 0.2) is 0 Å². The lowest BCUT2D eigenvalue weighted by Crippen LogP contribution is -2.45. The van der Waals surface area contributed by atoms with Crippen LogP contribution in [0.3, 0.4) is 0 Å². The molecular formula is C11H22N2O2S. The molecule has 0 saturated heterocycles. The largest absolute Gasteiger partial charge is 0.329 e. The van der Waals surface area contributed by atoms with E-state index in [1.165, 1.54) is 25.7 Å². The topological polar surface area (TPSA) is 72.2 Å². The van der Waals surface area contributed by atoms with Crippen molar-refractivity contribution >= 4 is 10.0 Å². The third-order valence-electron chi connectivity index (χ3n) is 3.72. The first-order chi connectivity index (χ1) is 7.58. The highest BCUT2D eigenvalue weighted by atomic mass is 32.2. The van der Waals surface area contributed by atoms with Gasteiger partial charge in [0, 0.05) is 12.6 Å². The summed E-state index contributed by atoms with van der Waals surface area (Å²) in [5.74, 6) is 1.19. The predicted octanol–water partition coefficient (Wildman–Crippen LogP) is 0.832. The molecule has 5 heteroatoms. The van der Waals surface area contributed by atoms with Crippen molar-refractivity contribution in [1.29, 1.82) is 0 Å². The van der Waals surface area contributed by atoms with Crippen molar-refractivity contribution in [1.82, 2.24) is 4.72 Å². The summed E-state index contributed by atoms with van der Waals surface area (Å²) in [5.41, 5.74) is 5.51. The van der Waals surface area contributed by atoms with Gasteiger partial charge in [-0.05, 0) is 43.9 Å². The molecule has 0 bridgehead atoms. The molecule has 0 aromatic heterocycles. The highest BCUT2D eigenvalue weighted by molar-refractivity contribution is 7.90. The molecular weight excluding hydrogens is 224 g/mol. The van der Waals surface area contributed by atoms with Crippen LogP contribution in [0.25, 0.3) is 0 Å². The molecule has 0 heterocycles. The van der Waals surface area contributed by atoms with Crippen LogP contribution in [0.1, 0.15) is 39.0 Å². The Morgan fingerprint density at radius 2 is 1.75 bits per heavy atom. The van der Waals surface area contributed by atoms with Crippen molar-refractivity contribution in [2.24, 2.45) is 17.6 Å². The van der Waals surface area contributed by atoms with E-state index < -0.39 is 15.3 Å². The molecule has 2 fully saturated rings. The molecule has 2 aliphatic rings. The van der Waals surface area contributed by atoms with E-state index in [-0.39, 0.29) is 12.6 Å². The Kier molecular flexibility index (Phi) is 3.56. The molecule has 0 amide bonds. The van der Waals surface area contributed by atoms with Gasteiger partial charge in [0.05, 0.1) is 5.25 Å². The van der Waals surface area contributed by atoms with Crippen LogP contribution in [-0.2, 0) is 10.0 Å². The van der Waals surface area contributed by atoms with Crippen molar-refractivity contribution in [3.63, 3.8) is 0 Å². The number of hydrogen-bond acceptors (Lipinski definition) is 3. The normalized spacial score (nSPS) is 23.7. The summed E-state index contributed by atoms with van der Waals surface area (Å²) >= 11 is 0. The monoisotopic (exact) mass is 246 g/mol. The third kappa shape index (κ3) is 2.76. The third-order valence-corrected chi connectivity index (χ3v) is 5.72. The minimum atomic E-state index is -3.21. The molecule has 16 heavy (non-hydrogen) atoms. The maximum Gasteiger partial charge on any atom is 0.215 e. The van der Waals surface area contributed by atoms with E-state index in [9.17, 15) is 8.42 Å². The van der Waals surface area contributed by atoms with Crippen LogP contribution in [0.4, 0.5) is 0 Å². The van der Waals surface area contributed by atoms with Crippen molar-refractivity contribution in [3.8, 4) is 0 Å². The van der Waals surface area contributed by atoms with Gasteiger partial charge in [-0.3, -0.25) is 0 Å². The zero-order valence-electron chi connectivity index (χ0n) is 9.85. The quantitative estimate of drug-likeness (QED) is 0.699. The van der Waals surface area contributed by atoms with Gasteiger partial charge in [0.25, 0.3) is 0 Å². The maximum atomic E-state index is 12.1. The predicted molar refractivity (Wildman–Crippen MR) is 64.4 cm³/mol. The Hall–Kier alpha value is -0.130. The molecule has 1 atom stereocenters. The van der Waals surface area contributed by atoms with E-state index in [1.54, 1.807) is 0 Å². The first-order valence-electron chi connectivity index (χ1n) is 6.29. The molecule has 2 rings (SSSR count). The zero-order valence-corrected chi connectivity index (χ0v) is 10.7. The first kappa shape index (κ1) is 12.3. The molecule has 3 N–H and O–H groups in total. The number of nitrogens with two attached hydrogens (primary N) is 1. The number of rotatable bonds is 7. The summed E-state index contributed by atoms with van der Waals surface area (Å²) in [6, 6.07) is 0.200. The standard InChI is InChI=1S/C11H22N2O2S/c1-2-10(7-12)16(14,15)13-11(8-3-4-8)9-5-6-9/h8-11,13H,2-7,12H2,1H3. The summed E-state index contributed by atoms with van der Waals surface area (Å²) in [4.78, 5) is 0. The van der Waals surface area contributed by atoms with Crippen LogP contribution in [0.15, 0.2) is 0 Å². The minimum Gasteiger partial charge on any atom is -0.329 e. The summed E-state index contributed by atoms with van der Waals surface area (Å²) in [7, 11) is -3.21. The lowest BCUT2D eigenvalue weighted by Gasteiger charge is -2.21. The summed E-state index contributed by atoms with van der Waals surface area (Å²) < 4.78 is 27.1. The average molecular weight is 246 g/mol. The van der Waals surface area contributed by atoms with Gasteiger partial charge < -0.3 is 5.73 Å².